The highest BCUT2D eigenvalue weighted by atomic mass is 16.6. The maximum atomic E-state index is 11.0. The summed E-state index contributed by atoms with van der Waals surface area (Å²) in [5.41, 5.74) is 1.25. The summed E-state index contributed by atoms with van der Waals surface area (Å²) in [6, 6.07) is 8.72. The van der Waals surface area contributed by atoms with Gasteiger partial charge in [-0.25, -0.2) is 4.98 Å². The van der Waals surface area contributed by atoms with Gasteiger partial charge in [-0.15, -0.1) is 0 Å². The van der Waals surface area contributed by atoms with E-state index in [1.165, 1.54) is 0 Å². The minimum Gasteiger partial charge on any atom is -0.479 e. The predicted molar refractivity (Wildman–Crippen MR) is 78.4 cm³/mol. The summed E-state index contributed by atoms with van der Waals surface area (Å²) >= 11 is 0. The summed E-state index contributed by atoms with van der Waals surface area (Å²) < 4.78 is 5.48. The minimum absolute atomic E-state index is 0.140. The molecule has 2 heterocycles. The van der Waals surface area contributed by atoms with Gasteiger partial charge in [-0.05, 0) is 41.1 Å². The van der Waals surface area contributed by atoms with Gasteiger partial charge in [-0.3, -0.25) is 0 Å². The van der Waals surface area contributed by atoms with Gasteiger partial charge in [0.25, 0.3) is 0 Å². The number of hydrogen-bond acceptors (Lipinski definition) is 6. The molecule has 0 fully saturated rings. The summed E-state index contributed by atoms with van der Waals surface area (Å²) in [7, 11) is 0. The maximum absolute atomic E-state index is 11.0. The molecule has 110 valence electrons. The first kappa shape index (κ1) is 14.7. The van der Waals surface area contributed by atoms with Crippen molar-refractivity contribution in [1.29, 1.82) is 0 Å². The van der Waals surface area contributed by atoms with Crippen LogP contribution in [0.4, 0.5) is 11.6 Å². The van der Waals surface area contributed by atoms with Crippen molar-refractivity contribution >= 4 is 11.6 Å². The molecule has 0 radical (unpaired) electrons. The molecular weight excluding hydrogens is 272 g/mol. The molecule has 2 rings (SSSR count). The highest BCUT2D eigenvalue weighted by molar-refractivity contribution is 5.40. The standard InChI is InChI=1S/C14H16N4O3/c1-3-15-13-6-4-5-11(17-13)9-21-12-8-7-10(2)16-14(12)18(19)20/h4-8H,3,9H2,1-2H3,(H,15,17). The fourth-order valence-electron chi connectivity index (χ4n) is 1.76. The number of rotatable bonds is 6. The number of anilines is 1. The van der Waals surface area contributed by atoms with Gasteiger partial charge in [0.15, 0.2) is 0 Å². The molecule has 21 heavy (non-hydrogen) atoms. The van der Waals surface area contributed by atoms with E-state index >= 15 is 0 Å². The van der Waals surface area contributed by atoms with Crippen LogP contribution in [0.5, 0.6) is 5.75 Å². The van der Waals surface area contributed by atoms with E-state index in [1.54, 1.807) is 25.1 Å². The molecule has 0 unspecified atom stereocenters. The molecule has 0 bridgehead atoms. The average Bonchev–Trinajstić information content (AvgIpc) is 2.46. The fraction of sp³-hybridized carbons (Fsp3) is 0.286. The Morgan fingerprint density at radius 3 is 2.81 bits per heavy atom. The van der Waals surface area contributed by atoms with E-state index in [0.29, 0.717) is 11.4 Å². The van der Waals surface area contributed by atoms with Crippen LogP contribution in [0.15, 0.2) is 30.3 Å². The second-order valence-electron chi connectivity index (χ2n) is 4.36. The van der Waals surface area contributed by atoms with Crippen LogP contribution in [-0.2, 0) is 6.61 Å². The molecule has 2 aromatic rings. The lowest BCUT2D eigenvalue weighted by Gasteiger charge is -2.08. The first-order valence-electron chi connectivity index (χ1n) is 6.54. The van der Waals surface area contributed by atoms with Crippen molar-refractivity contribution in [2.24, 2.45) is 0 Å². The van der Waals surface area contributed by atoms with Gasteiger partial charge >= 0.3 is 5.82 Å². The Hall–Kier alpha value is -2.70. The first-order valence-corrected chi connectivity index (χ1v) is 6.54. The first-order chi connectivity index (χ1) is 10.1. The summed E-state index contributed by atoms with van der Waals surface area (Å²) in [5.74, 6) is 0.606. The lowest BCUT2D eigenvalue weighted by atomic mass is 10.3. The Morgan fingerprint density at radius 2 is 2.10 bits per heavy atom. The average molecular weight is 288 g/mol. The molecule has 7 nitrogen and oxygen atoms in total. The molecule has 0 aliphatic carbocycles. The Kier molecular flexibility index (Phi) is 4.65. The van der Waals surface area contributed by atoms with Crippen molar-refractivity contribution in [2.75, 3.05) is 11.9 Å². The van der Waals surface area contributed by atoms with Crippen molar-refractivity contribution in [2.45, 2.75) is 20.5 Å². The Bertz CT molecular complexity index is 646. The second-order valence-corrected chi connectivity index (χ2v) is 4.36. The van der Waals surface area contributed by atoms with Crippen molar-refractivity contribution in [1.82, 2.24) is 9.97 Å². The number of hydrogen-bond donors (Lipinski definition) is 1. The molecule has 1 N–H and O–H groups in total. The molecule has 0 saturated carbocycles. The molecular formula is C14H16N4O3. The lowest BCUT2D eigenvalue weighted by Crippen LogP contribution is -2.05. The number of aromatic nitrogens is 2. The third kappa shape index (κ3) is 3.88. The van der Waals surface area contributed by atoms with Crippen LogP contribution in [0.3, 0.4) is 0 Å². The van der Waals surface area contributed by atoms with Crippen LogP contribution >= 0.6 is 0 Å². The quantitative estimate of drug-likeness (QED) is 0.649. The minimum atomic E-state index is -0.551. The zero-order valence-electron chi connectivity index (χ0n) is 11.9. The largest absolute Gasteiger partial charge is 0.479 e. The van der Waals surface area contributed by atoms with Gasteiger partial charge in [0.1, 0.15) is 18.1 Å². The lowest BCUT2D eigenvalue weighted by molar-refractivity contribution is -0.390. The SMILES string of the molecule is CCNc1cccc(COc2ccc(C)nc2[N+](=O)[O-])n1. The predicted octanol–water partition coefficient (Wildman–Crippen LogP) is 2.70. The van der Waals surface area contributed by atoms with E-state index in [9.17, 15) is 10.1 Å². The molecule has 2 aromatic heterocycles. The fourth-order valence-corrected chi connectivity index (χ4v) is 1.76. The van der Waals surface area contributed by atoms with Crippen LogP contribution < -0.4 is 10.1 Å². The number of nitrogens with one attached hydrogen (secondary N) is 1. The zero-order chi connectivity index (χ0) is 15.2. The van der Waals surface area contributed by atoms with Crippen LogP contribution in [-0.4, -0.2) is 21.4 Å². The molecule has 0 amide bonds. The third-order valence-corrected chi connectivity index (χ3v) is 2.69. The van der Waals surface area contributed by atoms with Crippen LogP contribution in [0.2, 0.25) is 0 Å². The summed E-state index contributed by atoms with van der Waals surface area (Å²) in [6.45, 7) is 4.58. The third-order valence-electron chi connectivity index (χ3n) is 2.69. The summed E-state index contributed by atoms with van der Waals surface area (Å²) in [6.07, 6.45) is 0. The van der Waals surface area contributed by atoms with E-state index < -0.39 is 4.92 Å². The van der Waals surface area contributed by atoms with Gasteiger partial charge < -0.3 is 20.2 Å². The highest BCUT2D eigenvalue weighted by Crippen LogP contribution is 2.25. The van der Waals surface area contributed by atoms with E-state index in [-0.39, 0.29) is 18.2 Å². The molecule has 0 saturated heterocycles. The molecule has 0 aliphatic rings. The highest BCUT2D eigenvalue weighted by Gasteiger charge is 2.17. The summed E-state index contributed by atoms with van der Waals surface area (Å²) in [4.78, 5) is 18.6. The molecule has 0 aliphatic heterocycles. The maximum Gasteiger partial charge on any atom is 0.406 e. The van der Waals surface area contributed by atoms with Crippen molar-refractivity contribution in [3.8, 4) is 5.75 Å². The topological polar surface area (TPSA) is 90.2 Å². The van der Waals surface area contributed by atoms with E-state index in [2.05, 4.69) is 15.3 Å². The van der Waals surface area contributed by atoms with E-state index in [0.717, 1.165) is 12.4 Å². The summed E-state index contributed by atoms with van der Waals surface area (Å²) in [5, 5.41) is 14.1. The number of nitro groups is 1. The number of ether oxygens (including phenoxy) is 1. The Morgan fingerprint density at radius 1 is 1.29 bits per heavy atom. The van der Waals surface area contributed by atoms with Crippen molar-refractivity contribution < 1.29 is 9.66 Å². The molecule has 7 heteroatoms. The molecule has 0 atom stereocenters. The number of pyridine rings is 2. The van der Waals surface area contributed by atoms with Gasteiger partial charge in [0.05, 0.1) is 5.69 Å². The van der Waals surface area contributed by atoms with Gasteiger partial charge in [0, 0.05) is 13.5 Å². The van der Waals surface area contributed by atoms with E-state index in [4.69, 9.17) is 4.74 Å². The Balaban J connectivity index is 2.13. The van der Waals surface area contributed by atoms with Gasteiger partial charge in [-0.1, -0.05) is 6.07 Å². The van der Waals surface area contributed by atoms with Crippen molar-refractivity contribution in [3.63, 3.8) is 0 Å². The van der Waals surface area contributed by atoms with E-state index in [1.807, 2.05) is 19.1 Å². The van der Waals surface area contributed by atoms with Crippen LogP contribution in [0.1, 0.15) is 18.3 Å². The second kappa shape index (κ2) is 6.65. The molecule has 0 aromatic carbocycles. The molecule has 0 spiro atoms. The van der Waals surface area contributed by atoms with Crippen LogP contribution in [0.25, 0.3) is 0 Å². The number of aryl methyl sites for hydroxylation is 1. The zero-order valence-corrected chi connectivity index (χ0v) is 11.9. The Labute approximate surface area is 122 Å². The van der Waals surface area contributed by atoms with Crippen molar-refractivity contribution in [3.05, 3.63) is 51.8 Å². The van der Waals surface area contributed by atoms with Crippen LogP contribution in [0, 0.1) is 17.0 Å². The number of nitrogens with zero attached hydrogens (tertiary/aromatic N) is 3. The normalized spacial score (nSPS) is 10.2. The smallest absolute Gasteiger partial charge is 0.406 e. The monoisotopic (exact) mass is 288 g/mol. The van der Waals surface area contributed by atoms with Gasteiger partial charge in [-0.2, -0.15) is 0 Å². The van der Waals surface area contributed by atoms with Gasteiger partial charge in [0.2, 0.25) is 5.75 Å².